The summed E-state index contributed by atoms with van der Waals surface area (Å²) in [6.07, 6.45) is 7.30. The molecular weight excluding hydrogens is 324 g/mol. The maximum Gasteiger partial charge on any atom is 0.153 e. The number of carbonyl (C=O) groups excluding carboxylic acids is 1. The molecule has 3 heteroatoms. The van der Waals surface area contributed by atoms with E-state index in [4.69, 9.17) is 0 Å². The number of rotatable bonds is 2. The monoisotopic (exact) mass is 354 g/mol. The third-order valence-corrected chi connectivity index (χ3v) is 8.86. The molecule has 26 heavy (non-hydrogen) atoms. The van der Waals surface area contributed by atoms with Crippen LogP contribution in [0.1, 0.15) is 73.4 Å². The molecule has 0 amide bonds. The van der Waals surface area contributed by atoms with Gasteiger partial charge in [0, 0.05) is 0 Å². The fraction of sp³-hybridized carbons (Fsp3) is 0.696. The van der Waals surface area contributed by atoms with Gasteiger partial charge in [0.15, 0.2) is 6.29 Å². The minimum absolute atomic E-state index is 0.0680. The van der Waals surface area contributed by atoms with Crippen molar-refractivity contribution in [3.63, 3.8) is 0 Å². The van der Waals surface area contributed by atoms with Crippen LogP contribution in [0.25, 0.3) is 0 Å². The summed E-state index contributed by atoms with van der Waals surface area (Å²) in [5.41, 5.74) is 3.04. The number of hydrogen-bond acceptors (Lipinski definition) is 3. The average molecular weight is 354 g/mol. The number of aliphatic hydroxyl groups excluding tert-OH is 1. The molecule has 140 valence electrons. The fourth-order valence-electron chi connectivity index (χ4n) is 7.34. The Kier molecular flexibility index (Phi) is 3.60. The van der Waals surface area contributed by atoms with E-state index in [9.17, 15) is 15.0 Å². The molecule has 4 aliphatic carbocycles. The highest BCUT2D eigenvalue weighted by Gasteiger charge is 2.62. The number of fused-ring (bicyclic) bond motifs is 5. The predicted molar refractivity (Wildman–Crippen MR) is 100 cm³/mol. The van der Waals surface area contributed by atoms with E-state index in [0.717, 1.165) is 50.2 Å². The van der Waals surface area contributed by atoms with E-state index < -0.39 is 0 Å². The quantitative estimate of drug-likeness (QED) is 0.778. The number of carbonyl (C=O) groups is 1. The highest BCUT2D eigenvalue weighted by atomic mass is 16.3. The Morgan fingerprint density at radius 3 is 2.58 bits per heavy atom. The van der Waals surface area contributed by atoms with E-state index in [1.54, 1.807) is 0 Å². The van der Waals surface area contributed by atoms with Gasteiger partial charge in [-0.25, -0.2) is 0 Å². The first-order valence-electron chi connectivity index (χ1n) is 10.4. The van der Waals surface area contributed by atoms with E-state index in [-0.39, 0.29) is 17.3 Å². The molecule has 4 aliphatic rings. The number of hydrogen-bond donors (Lipinski definition) is 2. The largest absolute Gasteiger partial charge is 0.507 e. The maximum atomic E-state index is 11.4. The van der Waals surface area contributed by atoms with Crippen LogP contribution in [0, 0.1) is 35.0 Å². The lowest BCUT2D eigenvalue weighted by molar-refractivity contribution is -0.0787. The highest BCUT2D eigenvalue weighted by molar-refractivity contribution is 5.80. The molecule has 1 aromatic carbocycles. The molecule has 0 aliphatic heterocycles. The normalized spacial score (nSPS) is 46.2. The van der Waals surface area contributed by atoms with Gasteiger partial charge in [0.25, 0.3) is 0 Å². The molecule has 5 unspecified atom stereocenters. The molecule has 0 bridgehead atoms. The van der Waals surface area contributed by atoms with Gasteiger partial charge in [0.2, 0.25) is 0 Å². The summed E-state index contributed by atoms with van der Waals surface area (Å²) in [6, 6.07) is 3.80. The molecule has 0 saturated heterocycles. The topological polar surface area (TPSA) is 57.5 Å². The van der Waals surface area contributed by atoms with Crippen LogP contribution in [-0.2, 0) is 6.42 Å². The summed E-state index contributed by atoms with van der Waals surface area (Å²) in [7, 11) is 0. The Morgan fingerprint density at radius 2 is 1.88 bits per heavy atom. The van der Waals surface area contributed by atoms with Crippen molar-refractivity contribution in [2.75, 3.05) is 0 Å². The van der Waals surface area contributed by atoms with Crippen LogP contribution in [0.5, 0.6) is 5.75 Å². The lowest BCUT2D eigenvalue weighted by Gasteiger charge is -2.55. The van der Waals surface area contributed by atoms with E-state index >= 15 is 0 Å². The van der Waals surface area contributed by atoms with Gasteiger partial charge in [0.1, 0.15) is 5.75 Å². The van der Waals surface area contributed by atoms with Gasteiger partial charge in [-0.1, -0.05) is 13.8 Å². The molecule has 8 atom stereocenters. The van der Waals surface area contributed by atoms with Crippen LogP contribution in [0.15, 0.2) is 12.1 Å². The molecule has 3 nitrogen and oxygen atoms in total. The minimum atomic E-state index is -0.155. The molecule has 0 radical (unpaired) electrons. The van der Waals surface area contributed by atoms with E-state index in [1.807, 2.05) is 12.1 Å². The number of aryl methyl sites for hydroxylation is 1. The zero-order valence-electron chi connectivity index (χ0n) is 15.8. The van der Waals surface area contributed by atoms with Gasteiger partial charge < -0.3 is 10.2 Å². The first kappa shape index (κ1) is 16.8. The summed E-state index contributed by atoms with van der Waals surface area (Å²) in [5, 5.41) is 21.1. The van der Waals surface area contributed by atoms with Crippen LogP contribution in [0.4, 0.5) is 0 Å². The van der Waals surface area contributed by atoms with Crippen LogP contribution < -0.4 is 0 Å². The molecule has 0 spiro atoms. The highest BCUT2D eigenvalue weighted by Crippen LogP contribution is 2.68. The standard InChI is InChI=1S/C23H30O3/c1-12-7-16(12)20-10-18-15(19-5-6-22(26)23(19,20)2)4-3-13-9-21(25)14(11-24)8-17(13)18/h8-9,11-12,15-16,18-20,22,25-26H,3-7,10H2,1-2H3/t12?,15?,16-,18?,19?,20?,22+,23-/m1/s1. The minimum Gasteiger partial charge on any atom is -0.507 e. The maximum absolute atomic E-state index is 11.4. The molecule has 1 aromatic rings. The van der Waals surface area contributed by atoms with Gasteiger partial charge in [0.05, 0.1) is 11.7 Å². The first-order chi connectivity index (χ1) is 12.4. The molecule has 5 rings (SSSR count). The number of aromatic hydroxyl groups is 1. The average Bonchev–Trinajstić information content (AvgIpc) is 3.26. The Labute approximate surface area is 155 Å². The summed E-state index contributed by atoms with van der Waals surface area (Å²) in [5.74, 6) is 3.94. The zero-order valence-corrected chi connectivity index (χ0v) is 15.8. The zero-order chi connectivity index (χ0) is 18.2. The number of aliphatic hydroxyl groups is 1. The summed E-state index contributed by atoms with van der Waals surface area (Å²) < 4.78 is 0. The fourth-order valence-corrected chi connectivity index (χ4v) is 7.34. The Hall–Kier alpha value is -1.35. The number of benzene rings is 1. The van der Waals surface area contributed by atoms with Gasteiger partial charge in [-0.15, -0.1) is 0 Å². The second-order valence-electron chi connectivity index (χ2n) is 9.82. The van der Waals surface area contributed by atoms with Gasteiger partial charge in [-0.3, -0.25) is 4.79 Å². The molecule has 0 heterocycles. The van der Waals surface area contributed by atoms with Gasteiger partial charge in [-0.05, 0) is 103 Å². The Balaban J connectivity index is 1.59. The number of phenols is 1. The van der Waals surface area contributed by atoms with E-state index in [2.05, 4.69) is 13.8 Å². The molecule has 0 aromatic heterocycles. The lowest BCUT2D eigenvalue weighted by Crippen LogP contribution is -2.50. The summed E-state index contributed by atoms with van der Waals surface area (Å²) >= 11 is 0. The van der Waals surface area contributed by atoms with Crippen LogP contribution in [0.3, 0.4) is 0 Å². The lowest BCUT2D eigenvalue weighted by atomic mass is 9.50. The van der Waals surface area contributed by atoms with Crippen LogP contribution in [0.2, 0.25) is 0 Å². The Morgan fingerprint density at radius 1 is 1.12 bits per heavy atom. The SMILES string of the molecule is CC1C[C@H]1C1CC2c3cc(C=O)c(O)cc3CCC2C2CC[C@H](O)[C@]21C. The van der Waals surface area contributed by atoms with Gasteiger partial charge >= 0.3 is 0 Å². The van der Waals surface area contributed by atoms with E-state index in [1.165, 1.54) is 17.5 Å². The molecular formula is C23H30O3. The van der Waals surface area contributed by atoms with Crippen molar-refractivity contribution in [3.8, 4) is 5.75 Å². The predicted octanol–water partition coefficient (Wildman–Crippen LogP) is 4.30. The van der Waals surface area contributed by atoms with Crippen molar-refractivity contribution in [3.05, 3.63) is 28.8 Å². The third kappa shape index (κ3) is 2.13. The Bertz CT molecular complexity index is 756. The van der Waals surface area contributed by atoms with E-state index in [0.29, 0.717) is 29.2 Å². The summed E-state index contributed by atoms with van der Waals surface area (Å²) in [6.45, 7) is 4.73. The smallest absolute Gasteiger partial charge is 0.153 e. The second kappa shape index (κ2) is 5.58. The van der Waals surface area contributed by atoms with Crippen molar-refractivity contribution in [1.29, 1.82) is 0 Å². The number of aldehydes is 1. The van der Waals surface area contributed by atoms with Crippen molar-refractivity contribution in [2.24, 2.45) is 35.0 Å². The molecule has 2 N–H and O–H groups in total. The number of phenolic OH excluding ortho intramolecular Hbond substituents is 1. The summed E-state index contributed by atoms with van der Waals surface area (Å²) in [4.78, 5) is 11.4. The first-order valence-corrected chi connectivity index (χ1v) is 10.4. The van der Waals surface area contributed by atoms with Crippen LogP contribution >= 0.6 is 0 Å². The van der Waals surface area contributed by atoms with Crippen molar-refractivity contribution in [1.82, 2.24) is 0 Å². The van der Waals surface area contributed by atoms with Crippen molar-refractivity contribution < 1.29 is 15.0 Å². The van der Waals surface area contributed by atoms with Crippen molar-refractivity contribution >= 4 is 6.29 Å². The second-order valence-corrected chi connectivity index (χ2v) is 9.82. The van der Waals surface area contributed by atoms with Crippen LogP contribution in [-0.4, -0.2) is 22.6 Å². The van der Waals surface area contributed by atoms with Gasteiger partial charge in [-0.2, -0.15) is 0 Å². The van der Waals surface area contributed by atoms with Crippen molar-refractivity contribution in [2.45, 2.75) is 64.4 Å². The third-order valence-electron chi connectivity index (χ3n) is 8.86. The molecule has 3 fully saturated rings. The molecule has 3 saturated carbocycles.